The van der Waals surface area contributed by atoms with Crippen molar-refractivity contribution >= 4 is 29.3 Å². The van der Waals surface area contributed by atoms with E-state index in [-0.39, 0.29) is 23.4 Å². The molecule has 0 aromatic heterocycles. The van der Waals surface area contributed by atoms with Crippen LogP contribution in [0.3, 0.4) is 0 Å². The Balaban J connectivity index is 2.42. The Labute approximate surface area is 111 Å². The number of benzene rings is 1. The number of thioether (sulfide) groups is 1. The molecule has 4 nitrogen and oxygen atoms in total. The molecule has 0 spiro atoms. The van der Waals surface area contributed by atoms with E-state index in [0.717, 1.165) is 16.8 Å². The number of carbonyl (C=O) groups excluding carboxylic acids is 2. The number of ether oxygens (including phenoxy) is 1. The summed E-state index contributed by atoms with van der Waals surface area (Å²) in [5.74, 6) is -0.00525. The number of hydrogen-bond donors (Lipinski definition) is 1. The molecule has 0 radical (unpaired) electrons. The van der Waals surface area contributed by atoms with E-state index in [1.807, 2.05) is 32.0 Å². The van der Waals surface area contributed by atoms with E-state index < -0.39 is 0 Å². The molecule has 1 N–H and O–H groups in total. The van der Waals surface area contributed by atoms with Gasteiger partial charge in [0.1, 0.15) is 0 Å². The van der Waals surface area contributed by atoms with Crippen molar-refractivity contribution in [3.05, 3.63) is 29.3 Å². The number of hydrogen-bond acceptors (Lipinski definition) is 4. The van der Waals surface area contributed by atoms with Gasteiger partial charge in [-0.3, -0.25) is 9.59 Å². The summed E-state index contributed by atoms with van der Waals surface area (Å²) in [5, 5.41) is 2.82. The predicted octanol–water partition coefficient (Wildman–Crippen LogP) is 2.15. The zero-order chi connectivity index (χ0) is 13.5. The van der Waals surface area contributed by atoms with Crippen LogP contribution in [0.1, 0.15) is 11.1 Å². The Hall–Kier alpha value is -1.49. The van der Waals surface area contributed by atoms with Gasteiger partial charge in [0.2, 0.25) is 5.91 Å². The zero-order valence-electron chi connectivity index (χ0n) is 10.8. The van der Waals surface area contributed by atoms with E-state index in [2.05, 4.69) is 10.1 Å². The van der Waals surface area contributed by atoms with Gasteiger partial charge in [-0.05, 0) is 25.5 Å². The summed E-state index contributed by atoms with van der Waals surface area (Å²) in [6, 6.07) is 5.84. The quantitative estimate of drug-likeness (QED) is 0.831. The second-order valence-corrected chi connectivity index (χ2v) is 4.92. The minimum atomic E-state index is -0.320. The van der Waals surface area contributed by atoms with Gasteiger partial charge >= 0.3 is 5.97 Å². The Morgan fingerprint density at radius 1 is 1.28 bits per heavy atom. The van der Waals surface area contributed by atoms with Gasteiger partial charge in [0.05, 0.1) is 18.6 Å². The fraction of sp³-hybridized carbons (Fsp3) is 0.385. The molecule has 1 aromatic rings. The average molecular weight is 267 g/mol. The maximum absolute atomic E-state index is 11.6. The lowest BCUT2D eigenvalue weighted by molar-refractivity contribution is -0.137. The smallest absolute Gasteiger partial charge is 0.315 e. The van der Waals surface area contributed by atoms with Gasteiger partial charge in [0.25, 0.3) is 0 Å². The predicted molar refractivity (Wildman–Crippen MR) is 73.9 cm³/mol. The largest absolute Gasteiger partial charge is 0.468 e. The average Bonchev–Trinajstić information content (AvgIpc) is 2.32. The first-order chi connectivity index (χ1) is 8.52. The second-order valence-electron chi connectivity index (χ2n) is 3.94. The molecule has 0 saturated carbocycles. The lowest BCUT2D eigenvalue weighted by Crippen LogP contribution is -2.16. The van der Waals surface area contributed by atoms with Crippen molar-refractivity contribution in [1.82, 2.24) is 0 Å². The van der Waals surface area contributed by atoms with Crippen LogP contribution < -0.4 is 5.32 Å². The minimum absolute atomic E-state index is 0.115. The van der Waals surface area contributed by atoms with Gasteiger partial charge in [0, 0.05) is 5.69 Å². The Bertz CT molecular complexity index is 446. The van der Waals surface area contributed by atoms with Crippen LogP contribution in [-0.2, 0) is 14.3 Å². The van der Waals surface area contributed by atoms with Gasteiger partial charge in [-0.15, -0.1) is 11.8 Å². The lowest BCUT2D eigenvalue weighted by Gasteiger charge is -2.08. The highest BCUT2D eigenvalue weighted by Crippen LogP contribution is 2.16. The highest BCUT2D eigenvalue weighted by atomic mass is 32.2. The van der Waals surface area contributed by atoms with E-state index in [1.54, 1.807) is 0 Å². The fourth-order valence-corrected chi connectivity index (χ4v) is 2.07. The van der Waals surface area contributed by atoms with Crippen LogP contribution in [0.15, 0.2) is 18.2 Å². The first kappa shape index (κ1) is 14.6. The highest BCUT2D eigenvalue weighted by molar-refractivity contribution is 8.00. The number of carbonyl (C=O) groups is 2. The van der Waals surface area contributed by atoms with E-state index >= 15 is 0 Å². The highest BCUT2D eigenvalue weighted by Gasteiger charge is 2.07. The SMILES string of the molecule is COC(=O)CSCC(=O)Nc1ccc(C)cc1C. The van der Waals surface area contributed by atoms with Crippen LogP contribution in [0.2, 0.25) is 0 Å². The number of esters is 1. The third-order valence-electron chi connectivity index (χ3n) is 2.34. The fourth-order valence-electron chi connectivity index (χ4n) is 1.43. The number of nitrogens with one attached hydrogen (secondary N) is 1. The van der Waals surface area contributed by atoms with Crippen LogP contribution in [0.4, 0.5) is 5.69 Å². The first-order valence-electron chi connectivity index (χ1n) is 5.54. The summed E-state index contributed by atoms with van der Waals surface area (Å²) in [4.78, 5) is 22.5. The van der Waals surface area contributed by atoms with Gasteiger partial charge in [-0.25, -0.2) is 0 Å². The summed E-state index contributed by atoms with van der Waals surface area (Å²) in [5.41, 5.74) is 3.00. The molecule has 0 unspecified atom stereocenters. The number of anilines is 1. The number of methoxy groups -OCH3 is 1. The van der Waals surface area contributed by atoms with Gasteiger partial charge in [-0.2, -0.15) is 0 Å². The van der Waals surface area contributed by atoms with Crippen LogP contribution in [0, 0.1) is 13.8 Å². The monoisotopic (exact) mass is 267 g/mol. The molecule has 1 rings (SSSR count). The molecule has 0 heterocycles. The van der Waals surface area contributed by atoms with Gasteiger partial charge in [-0.1, -0.05) is 17.7 Å². The van der Waals surface area contributed by atoms with E-state index in [4.69, 9.17) is 0 Å². The molecule has 0 bridgehead atoms. The molecule has 0 saturated heterocycles. The summed E-state index contributed by atoms with van der Waals surface area (Å²) in [6.07, 6.45) is 0. The summed E-state index contributed by atoms with van der Waals surface area (Å²) in [6.45, 7) is 3.95. The van der Waals surface area contributed by atoms with E-state index in [9.17, 15) is 9.59 Å². The summed E-state index contributed by atoms with van der Waals surface area (Å²) < 4.78 is 4.49. The van der Waals surface area contributed by atoms with E-state index in [0.29, 0.717) is 0 Å². The van der Waals surface area contributed by atoms with Crippen LogP contribution >= 0.6 is 11.8 Å². The molecule has 5 heteroatoms. The van der Waals surface area contributed by atoms with Crippen molar-refractivity contribution in [3.63, 3.8) is 0 Å². The number of rotatable bonds is 5. The molecule has 0 atom stereocenters. The Morgan fingerprint density at radius 2 is 2.00 bits per heavy atom. The Morgan fingerprint density at radius 3 is 2.61 bits per heavy atom. The molecule has 0 aliphatic heterocycles. The lowest BCUT2D eigenvalue weighted by atomic mass is 10.1. The van der Waals surface area contributed by atoms with Crippen LogP contribution in [0.5, 0.6) is 0 Å². The molecular formula is C13H17NO3S. The van der Waals surface area contributed by atoms with Crippen molar-refractivity contribution in [2.75, 3.05) is 23.9 Å². The third kappa shape index (κ3) is 4.79. The molecule has 98 valence electrons. The van der Waals surface area contributed by atoms with Gasteiger partial charge < -0.3 is 10.1 Å². The molecule has 0 aliphatic carbocycles. The molecule has 18 heavy (non-hydrogen) atoms. The maximum atomic E-state index is 11.6. The van der Waals surface area contributed by atoms with Crippen LogP contribution in [-0.4, -0.2) is 30.5 Å². The standard InChI is InChI=1S/C13H17NO3S/c1-9-4-5-11(10(2)6-9)14-12(15)7-18-8-13(16)17-3/h4-6H,7-8H2,1-3H3,(H,14,15). The van der Waals surface area contributed by atoms with Crippen molar-refractivity contribution in [2.24, 2.45) is 0 Å². The molecule has 1 aromatic carbocycles. The van der Waals surface area contributed by atoms with E-state index in [1.165, 1.54) is 18.9 Å². The maximum Gasteiger partial charge on any atom is 0.315 e. The van der Waals surface area contributed by atoms with Crippen molar-refractivity contribution in [1.29, 1.82) is 0 Å². The zero-order valence-corrected chi connectivity index (χ0v) is 11.6. The summed E-state index contributed by atoms with van der Waals surface area (Å²) >= 11 is 1.24. The number of amides is 1. The Kier molecular flexibility index (Phi) is 5.71. The normalized spacial score (nSPS) is 9.94. The van der Waals surface area contributed by atoms with Crippen molar-refractivity contribution in [3.8, 4) is 0 Å². The van der Waals surface area contributed by atoms with Crippen molar-refractivity contribution < 1.29 is 14.3 Å². The summed E-state index contributed by atoms with van der Waals surface area (Å²) in [7, 11) is 1.33. The van der Waals surface area contributed by atoms with Crippen LogP contribution in [0.25, 0.3) is 0 Å². The molecule has 0 aliphatic rings. The first-order valence-corrected chi connectivity index (χ1v) is 6.70. The molecule has 1 amide bonds. The third-order valence-corrected chi connectivity index (χ3v) is 3.24. The van der Waals surface area contributed by atoms with Gasteiger partial charge in [0.15, 0.2) is 0 Å². The molecular weight excluding hydrogens is 250 g/mol. The second kappa shape index (κ2) is 7.06. The molecule has 0 fully saturated rings. The minimum Gasteiger partial charge on any atom is -0.468 e. The topological polar surface area (TPSA) is 55.4 Å². The number of aryl methyl sites for hydroxylation is 2. The van der Waals surface area contributed by atoms with Crippen molar-refractivity contribution in [2.45, 2.75) is 13.8 Å².